The predicted octanol–water partition coefficient (Wildman–Crippen LogP) is 5.21. The topological polar surface area (TPSA) is 9.23 Å². The van der Waals surface area contributed by atoms with E-state index in [2.05, 4.69) is 15.9 Å². The first-order valence-corrected chi connectivity index (χ1v) is 7.14. The molecule has 0 atom stereocenters. The van der Waals surface area contributed by atoms with Crippen molar-refractivity contribution in [3.05, 3.63) is 63.4 Å². The molecule has 0 unspecified atom stereocenters. The van der Waals surface area contributed by atoms with Gasteiger partial charge in [0.05, 0.1) is 5.88 Å². The Hall–Kier alpha value is -1.06. The van der Waals surface area contributed by atoms with E-state index >= 15 is 0 Å². The molecule has 100 valence electrons. The SMILES string of the molecule is Cc1ccc(OCc2cc(F)cc(Br)c2)c(CCl)c1. The van der Waals surface area contributed by atoms with Gasteiger partial charge in [0.15, 0.2) is 0 Å². The van der Waals surface area contributed by atoms with Gasteiger partial charge in [0, 0.05) is 10.0 Å². The molecule has 0 saturated heterocycles. The summed E-state index contributed by atoms with van der Waals surface area (Å²) in [6.07, 6.45) is 0. The molecular formula is C15H13BrClFO. The summed E-state index contributed by atoms with van der Waals surface area (Å²) in [4.78, 5) is 0. The molecule has 2 aromatic rings. The molecule has 0 radical (unpaired) electrons. The van der Waals surface area contributed by atoms with Crippen LogP contribution >= 0.6 is 27.5 Å². The average molecular weight is 344 g/mol. The lowest BCUT2D eigenvalue weighted by molar-refractivity contribution is 0.303. The van der Waals surface area contributed by atoms with Crippen molar-refractivity contribution in [3.8, 4) is 5.75 Å². The van der Waals surface area contributed by atoms with Gasteiger partial charge >= 0.3 is 0 Å². The largest absolute Gasteiger partial charge is 0.489 e. The molecule has 4 heteroatoms. The van der Waals surface area contributed by atoms with Crippen molar-refractivity contribution in [2.75, 3.05) is 0 Å². The molecule has 0 saturated carbocycles. The summed E-state index contributed by atoms with van der Waals surface area (Å²) in [5.74, 6) is 0.847. The average Bonchev–Trinajstić information content (AvgIpc) is 2.36. The number of rotatable bonds is 4. The zero-order chi connectivity index (χ0) is 13.8. The quantitative estimate of drug-likeness (QED) is 0.692. The van der Waals surface area contributed by atoms with Crippen LogP contribution in [0.5, 0.6) is 5.75 Å². The Balaban J connectivity index is 2.14. The van der Waals surface area contributed by atoms with Gasteiger partial charge in [-0.1, -0.05) is 33.6 Å². The van der Waals surface area contributed by atoms with Gasteiger partial charge in [-0.15, -0.1) is 11.6 Å². The van der Waals surface area contributed by atoms with Crippen LogP contribution in [-0.4, -0.2) is 0 Å². The Morgan fingerprint density at radius 2 is 2.00 bits per heavy atom. The van der Waals surface area contributed by atoms with Gasteiger partial charge in [0.25, 0.3) is 0 Å². The summed E-state index contributed by atoms with van der Waals surface area (Å²) in [6, 6.07) is 10.6. The van der Waals surface area contributed by atoms with Gasteiger partial charge in [-0.05, 0) is 36.8 Å². The van der Waals surface area contributed by atoms with Crippen LogP contribution < -0.4 is 4.74 Å². The van der Waals surface area contributed by atoms with Gasteiger partial charge in [0.2, 0.25) is 0 Å². The zero-order valence-corrected chi connectivity index (χ0v) is 12.8. The number of ether oxygens (including phenoxy) is 1. The van der Waals surface area contributed by atoms with Gasteiger partial charge in [0.1, 0.15) is 18.2 Å². The molecule has 0 fully saturated rings. The van der Waals surface area contributed by atoms with Crippen molar-refractivity contribution >= 4 is 27.5 Å². The number of halogens is 3. The zero-order valence-electron chi connectivity index (χ0n) is 10.4. The highest BCUT2D eigenvalue weighted by atomic mass is 79.9. The minimum Gasteiger partial charge on any atom is -0.489 e. The van der Waals surface area contributed by atoms with Crippen LogP contribution in [0.15, 0.2) is 40.9 Å². The predicted molar refractivity (Wildman–Crippen MR) is 79.2 cm³/mol. The number of hydrogen-bond donors (Lipinski definition) is 0. The minimum absolute atomic E-state index is 0.283. The van der Waals surface area contributed by atoms with E-state index in [9.17, 15) is 4.39 Å². The van der Waals surface area contributed by atoms with Crippen molar-refractivity contribution in [2.45, 2.75) is 19.4 Å². The number of benzene rings is 2. The fourth-order valence-electron chi connectivity index (χ4n) is 1.81. The second-order valence-corrected chi connectivity index (χ2v) is 5.49. The number of alkyl halides is 1. The Labute approximate surface area is 125 Å². The highest BCUT2D eigenvalue weighted by Gasteiger charge is 2.05. The summed E-state index contributed by atoms with van der Waals surface area (Å²) >= 11 is 9.15. The Bertz CT molecular complexity index is 566. The van der Waals surface area contributed by atoms with Crippen LogP contribution in [0.1, 0.15) is 16.7 Å². The Morgan fingerprint density at radius 3 is 2.68 bits per heavy atom. The molecule has 2 rings (SSSR count). The maximum atomic E-state index is 13.2. The van der Waals surface area contributed by atoms with E-state index in [1.54, 1.807) is 0 Å². The maximum absolute atomic E-state index is 13.2. The van der Waals surface area contributed by atoms with Crippen molar-refractivity contribution in [1.29, 1.82) is 0 Å². The van der Waals surface area contributed by atoms with E-state index in [1.807, 2.05) is 31.2 Å². The third kappa shape index (κ3) is 3.95. The fraction of sp³-hybridized carbons (Fsp3) is 0.200. The third-order valence-electron chi connectivity index (χ3n) is 2.68. The highest BCUT2D eigenvalue weighted by molar-refractivity contribution is 9.10. The summed E-state index contributed by atoms with van der Waals surface area (Å²) < 4.78 is 19.7. The van der Waals surface area contributed by atoms with E-state index in [1.165, 1.54) is 12.1 Å². The Morgan fingerprint density at radius 1 is 1.21 bits per heavy atom. The van der Waals surface area contributed by atoms with E-state index in [-0.39, 0.29) is 5.82 Å². The molecule has 0 aliphatic carbocycles. The lowest BCUT2D eigenvalue weighted by atomic mass is 10.1. The first kappa shape index (κ1) is 14.4. The van der Waals surface area contributed by atoms with Crippen molar-refractivity contribution < 1.29 is 9.13 Å². The van der Waals surface area contributed by atoms with E-state index in [0.717, 1.165) is 22.4 Å². The molecule has 0 heterocycles. The van der Waals surface area contributed by atoms with Gasteiger partial charge in [-0.3, -0.25) is 0 Å². The van der Waals surface area contributed by atoms with E-state index < -0.39 is 0 Å². The number of hydrogen-bond acceptors (Lipinski definition) is 1. The van der Waals surface area contributed by atoms with Crippen LogP contribution in [-0.2, 0) is 12.5 Å². The molecule has 2 aromatic carbocycles. The fourth-order valence-corrected chi connectivity index (χ4v) is 2.53. The van der Waals surface area contributed by atoms with E-state index in [4.69, 9.17) is 16.3 Å². The Kier molecular flexibility index (Phi) is 4.83. The first-order valence-electron chi connectivity index (χ1n) is 5.82. The standard InChI is InChI=1S/C15H13BrClFO/c1-10-2-3-15(12(4-10)8-17)19-9-11-5-13(16)7-14(18)6-11/h2-7H,8-9H2,1H3. The van der Waals surface area contributed by atoms with Crippen LogP contribution in [0.25, 0.3) is 0 Å². The van der Waals surface area contributed by atoms with Gasteiger partial charge < -0.3 is 4.74 Å². The molecule has 0 amide bonds. The summed E-state index contributed by atoms with van der Waals surface area (Å²) in [6.45, 7) is 2.31. The van der Waals surface area contributed by atoms with Crippen LogP contribution in [0.4, 0.5) is 4.39 Å². The monoisotopic (exact) mass is 342 g/mol. The second kappa shape index (κ2) is 6.40. The molecule has 0 spiro atoms. The van der Waals surface area contributed by atoms with Crippen LogP contribution in [0.3, 0.4) is 0 Å². The van der Waals surface area contributed by atoms with Crippen molar-refractivity contribution in [2.24, 2.45) is 0 Å². The third-order valence-corrected chi connectivity index (χ3v) is 3.42. The first-order chi connectivity index (χ1) is 9.08. The van der Waals surface area contributed by atoms with E-state index in [0.29, 0.717) is 17.0 Å². The number of aryl methyl sites for hydroxylation is 1. The van der Waals surface area contributed by atoms with Crippen molar-refractivity contribution in [1.82, 2.24) is 0 Å². The van der Waals surface area contributed by atoms with Gasteiger partial charge in [-0.25, -0.2) is 4.39 Å². The lowest BCUT2D eigenvalue weighted by Crippen LogP contribution is -1.99. The molecule has 0 aliphatic rings. The van der Waals surface area contributed by atoms with Crippen molar-refractivity contribution in [3.63, 3.8) is 0 Å². The van der Waals surface area contributed by atoms with Crippen LogP contribution in [0.2, 0.25) is 0 Å². The minimum atomic E-state index is -0.283. The summed E-state index contributed by atoms with van der Waals surface area (Å²) in [5.41, 5.74) is 2.85. The lowest BCUT2D eigenvalue weighted by Gasteiger charge is -2.11. The normalized spacial score (nSPS) is 10.5. The highest BCUT2D eigenvalue weighted by Crippen LogP contribution is 2.23. The molecule has 1 nitrogen and oxygen atoms in total. The second-order valence-electron chi connectivity index (χ2n) is 4.31. The summed E-state index contributed by atoms with van der Waals surface area (Å²) in [5, 5.41) is 0. The van der Waals surface area contributed by atoms with Gasteiger partial charge in [-0.2, -0.15) is 0 Å². The molecular weight excluding hydrogens is 331 g/mol. The molecule has 0 aliphatic heterocycles. The molecule has 0 aromatic heterocycles. The molecule has 19 heavy (non-hydrogen) atoms. The maximum Gasteiger partial charge on any atom is 0.124 e. The molecule has 0 N–H and O–H groups in total. The van der Waals surface area contributed by atoms with Crippen LogP contribution in [0, 0.1) is 12.7 Å². The summed E-state index contributed by atoms with van der Waals surface area (Å²) in [7, 11) is 0. The molecule has 0 bridgehead atoms. The smallest absolute Gasteiger partial charge is 0.124 e.